The van der Waals surface area contributed by atoms with E-state index in [1.165, 1.54) is 5.56 Å². The fourth-order valence-electron chi connectivity index (χ4n) is 3.31. The van der Waals surface area contributed by atoms with Gasteiger partial charge in [-0.15, -0.1) is 0 Å². The van der Waals surface area contributed by atoms with Gasteiger partial charge in [0.15, 0.2) is 6.10 Å². The first-order valence-electron chi connectivity index (χ1n) is 8.72. The highest BCUT2D eigenvalue weighted by molar-refractivity contribution is 5.93. The number of hydrogen-bond donors (Lipinski definition) is 1. The number of carbonyl (C=O) groups excluding carboxylic acids is 1. The number of ether oxygens (including phenoxy) is 2. The Morgan fingerprint density at radius 3 is 2.85 bits per heavy atom. The molecule has 6 nitrogen and oxygen atoms in total. The zero-order chi connectivity index (χ0) is 17.9. The highest BCUT2D eigenvalue weighted by Gasteiger charge is 2.35. The van der Waals surface area contributed by atoms with Crippen LogP contribution in [0.4, 0.5) is 10.5 Å². The molecule has 1 amide bonds. The molecular weight excluding hydrogens is 330 g/mol. The number of alkyl carbamates (subject to hydrolysis) is 1. The van der Waals surface area contributed by atoms with Crippen LogP contribution in [-0.4, -0.2) is 36.6 Å². The van der Waals surface area contributed by atoms with E-state index in [1.54, 1.807) is 7.11 Å². The first-order chi connectivity index (χ1) is 12.7. The van der Waals surface area contributed by atoms with E-state index in [1.807, 2.05) is 42.5 Å². The van der Waals surface area contributed by atoms with Crippen molar-refractivity contribution in [3.8, 4) is 5.75 Å². The summed E-state index contributed by atoms with van der Waals surface area (Å²) < 4.78 is 10.7. The van der Waals surface area contributed by atoms with E-state index in [0.717, 1.165) is 42.3 Å². The summed E-state index contributed by atoms with van der Waals surface area (Å²) in [5.41, 5.74) is 3.16. The highest BCUT2D eigenvalue weighted by Crippen LogP contribution is 2.31. The molecule has 1 N–H and O–H groups in total. The Labute approximate surface area is 152 Å². The lowest BCUT2D eigenvalue weighted by molar-refractivity contribution is 0.127. The van der Waals surface area contributed by atoms with Crippen LogP contribution in [0.2, 0.25) is 0 Å². The summed E-state index contributed by atoms with van der Waals surface area (Å²) in [4.78, 5) is 19.1. The number of nitrogens with one attached hydrogen (secondary N) is 1. The topological polar surface area (TPSA) is 63.2 Å². The zero-order valence-corrected chi connectivity index (χ0v) is 14.6. The average Bonchev–Trinajstić information content (AvgIpc) is 3.06. The number of benzene rings is 2. The smallest absolute Gasteiger partial charge is 0.408 e. The monoisotopic (exact) mass is 351 g/mol. The quantitative estimate of drug-likeness (QED) is 0.918. The number of amides is 1. The molecule has 6 heteroatoms. The van der Waals surface area contributed by atoms with Crippen LogP contribution in [0.3, 0.4) is 0 Å². The molecule has 0 bridgehead atoms. The minimum absolute atomic E-state index is 0.292. The summed E-state index contributed by atoms with van der Waals surface area (Å²) in [5, 5.41) is 2.80. The van der Waals surface area contributed by atoms with Gasteiger partial charge in [0.05, 0.1) is 12.8 Å². The third-order valence-electron chi connectivity index (χ3n) is 4.71. The Balaban J connectivity index is 1.36. The van der Waals surface area contributed by atoms with Crippen molar-refractivity contribution in [1.29, 1.82) is 0 Å². The number of fused-ring (bicyclic) bond motifs is 2. The van der Waals surface area contributed by atoms with Crippen LogP contribution in [0.1, 0.15) is 17.5 Å². The van der Waals surface area contributed by atoms with Crippen LogP contribution in [0.15, 0.2) is 53.5 Å². The largest absolute Gasteiger partial charge is 0.497 e. The number of rotatable bonds is 4. The SMILES string of the molecule is COc1ccc(CNC(=O)OC2CCN3Cc4ccccc4N=C23)cc1. The minimum Gasteiger partial charge on any atom is -0.497 e. The summed E-state index contributed by atoms with van der Waals surface area (Å²) in [6.07, 6.45) is 0.0522. The molecule has 0 aliphatic carbocycles. The predicted octanol–water partition coefficient (Wildman–Crippen LogP) is 3.24. The van der Waals surface area contributed by atoms with Gasteiger partial charge in [-0.2, -0.15) is 0 Å². The molecule has 1 fully saturated rings. The lowest BCUT2D eigenvalue weighted by atomic mass is 10.1. The van der Waals surface area contributed by atoms with Crippen LogP contribution >= 0.6 is 0 Å². The molecule has 0 spiro atoms. The van der Waals surface area contributed by atoms with Crippen LogP contribution < -0.4 is 10.1 Å². The van der Waals surface area contributed by atoms with Gasteiger partial charge in [-0.25, -0.2) is 9.79 Å². The number of amidine groups is 1. The van der Waals surface area contributed by atoms with Crippen LogP contribution in [0.25, 0.3) is 0 Å². The van der Waals surface area contributed by atoms with Crippen molar-refractivity contribution in [2.75, 3.05) is 13.7 Å². The van der Waals surface area contributed by atoms with Crippen molar-refractivity contribution in [3.05, 3.63) is 59.7 Å². The number of nitrogens with zero attached hydrogens (tertiary/aromatic N) is 2. The van der Waals surface area contributed by atoms with Gasteiger partial charge in [0.1, 0.15) is 11.6 Å². The first kappa shape index (κ1) is 16.4. The maximum atomic E-state index is 12.2. The Bertz CT molecular complexity index is 832. The fraction of sp³-hybridized carbons (Fsp3) is 0.300. The molecule has 2 aromatic carbocycles. The lowest BCUT2D eigenvalue weighted by Crippen LogP contribution is -2.36. The predicted molar refractivity (Wildman–Crippen MR) is 98.7 cm³/mol. The number of carbonyl (C=O) groups is 1. The van der Waals surface area contributed by atoms with E-state index < -0.39 is 6.09 Å². The number of methoxy groups -OCH3 is 1. The molecule has 0 aromatic heterocycles. The molecule has 2 aliphatic rings. The molecule has 134 valence electrons. The van der Waals surface area contributed by atoms with E-state index in [4.69, 9.17) is 14.5 Å². The van der Waals surface area contributed by atoms with E-state index >= 15 is 0 Å². The summed E-state index contributed by atoms with van der Waals surface area (Å²) in [5.74, 6) is 1.64. The number of aliphatic imine (C=N–C) groups is 1. The van der Waals surface area contributed by atoms with Gasteiger partial charge in [-0.3, -0.25) is 0 Å². The van der Waals surface area contributed by atoms with Crippen LogP contribution in [0, 0.1) is 0 Å². The Hall–Kier alpha value is -3.02. The third-order valence-corrected chi connectivity index (χ3v) is 4.71. The molecule has 4 rings (SSSR count). The Morgan fingerprint density at radius 1 is 1.23 bits per heavy atom. The second kappa shape index (κ2) is 7.07. The standard InChI is InChI=1S/C20H21N3O3/c1-25-16-8-6-14(7-9-16)12-21-20(24)26-18-10-11-23-13-15-4-2-3-5-17(15)22-19(18)23/h2-9,18H,10-13H2,1H3,(H,21,24). The first-order valence-corrected chi connectivity index (χ1v) is 8.72. The second-order valence-corrected chi connectivity index (χ2v) is 6.40. The molecule has 2 aliphatic heterocycles. The van der Waals surface area contributed by atoms with E-state index in [2.05, 4.69) is 16.3 Å². The van der Waals surface area contributed by atoms with Crippen molar-refractivity contribution >= 4 is 17.6 Å². The molecular formula is C20H21N3O3. The molecule has 1 atom stereocenters. The van der Waals surface area contributed by atoms with Crippen LogP contribution in [0.5, 0.6) is 5.75 Å². The summed E-state index contributed by atoms with van der Waals surface area (Å²) in [6, 6.07) is 15.7. The number of para-hydroxylation sites is 1. The van der Waals surface area contributed by atoms with Crippen molar-refractivity contribution < 1.29 is 14.3 Å². The van der Waals surface area contributed by atoms with Crippen molar-refractivity contribution in [2.24, 2.45) is 4.99 Å². The maximum absolute atomic E-state index is 12.2. The second-order valence-electron chi connectivity index (χ2n) is 6.40. The minimum atomic E-state index is -0.422. The van der Waals surface area contributed by atoms with Gasteiger partial charge in [0.25, 0.3) is 0 Å². The molecule has 1 unspecified atom stereocenters. The van der Waals surface area contributed by atoms with Crippen molar-refractivity contribution in [1.82, 2.24) is 10.2 Å². The molecule has 26 heavy (non-hydrogen) atoms. The molecule has 2 heterocycles. The van der Waals surface area contributed by atoms with Gasteiger partial charge < -0.3 is 19.7 Å². The summed E-state index contributed by atoms with van der Waals surface area (Å²) in [7, 11) is 1.63. The van der Waals surface area contributed by atoms with Gasteiger partial charge in [-0.1, -0.05) is 30.3 Å². The van der Waals surface area contributed by atoms with Gasteiger partial charge in [-0.05, 0) is 29.3 Å². The zero-order valence-electron chi connectivity index (χ0n) is 14.6. The Kier molecular flexibility index (Phi) is 4.48. The maximum Gasteiger partial charge on any atom is 0.408 e. The summed E-state index contributed by atoms with van der Waals surface area (Å²) in [6.45, 7) is 2.08. The molecule has 0 radical (unpaired) electrons. The van der Waals surface area contributed by atoms with E-state index in [0.29, 0.717) is 6.54 Å². The summed E-state index contributed by atoms with van der Waals surface area (Å²) >= 11 is 0. The van der Waals surface area contributed by atoms with Gasteiger partial charge in [0, 0.05) is 26.1 Å². The molecule has 2 aromatic rings. The van der Waals surface area contributed by atoms with Crippen molar-refractivity contribution in [3.63, 3.8) is 0 Å². The highest BCUT2D eigenvalue weighted by atomic mass is 16.6. The normalized spacial score (nSPS) is 17.8. The van der Waals surface area contributed by atoms with E-state index in [9.17, 15) is 4.79 Å². The van der Waals surface area contributed by atoms with Crippen LogP contribution in [-0.2, 0) is 17.8 Å². The fourth-order valence-corrected chi connectivity index (χ4v) is 3.31. The molecule has 0 saturated carbocycles. The van der Waals surface area contributed by atoms with Crippen molar-refractivity contribution in [2.45, 2.75) is 25.6 Å². The Morgan fingerprint density at radius 2 is 2.04 bits per heavy atom. The van der Waals surface area contributed by atoms with E-state index in [-0.39, 0.29) is 6.10 Å². The number of hydrogen-bond acceptors (Lipinski definition) is 5. The molecule has 1 saturated heterocycles. The lowest BCUT2D eigenvalue weighted by Gasteiger charge is -2.26. The van der Waals surface area contributed by atoms with Gasteiger partial charge >= 0.3 is 6.09 Å². The average molecular weight is 351 g/mol. The van der Waals surface area contributed by atoms with Gasteiger partial charge in [0.2, 0.25) is 0 Å². The third kappa shape index (κ3) is 3.35.